The lowest BCUT2D eigenvalue weighted by Gasteiger charge is -2.16. The van der Waals surface area contributed by atoms with Crippen molar-refractivity contribution in [1.29, 1.82) is 5.26 Å². The summed E-state index contributed by atoms with van der Waals surface area (Å²) in [6.45, 7) is 2.22. The monoisotopic (exact) mass is 278 g/mol. The average molecular weight is 278 g/mol. The van der Waals surface area contributed by atoms with Gasteiger partial charge in [0.15, 0.2) is 6.61 Å². The highest BCUT2D eigenvalue weighted by molar-refractivity contribution is 5.50. The Bertz CT molecular complexity index is 671. The fourth-order valence-electron chi connectivity index (χ4n) is 2.84. The van der Waals surface area contributed by atoms with E-state index in [1.165, 1.54) is 16.7 Å². The van der Waals surface area contributed by atoms with E-state index < -0.39 is 0 Å². The van der Waals surface area contributed by atoms with Crippen LogP contribution in [0.15, 0.2) is 42.5 Å². The highest BCUT2D eigenvalue weighted by Gasteiger charge is 2.22. The first kappa shape index (κ1) is 13.5. The Morgan fingerprint density at radius 2 is 2.05 bits per heavy atom. The molecule has 0 heterocycles. The number of benzene rings is 2. The molecule has 1 N–H and O–H groups in total. The maximum absolute atomic E-state index is 8.50. The van der Waals surface area contributed by atoms with Crippen molar-refractivity contribution in [3.63, 3.8) is 0 Å². The van der Waals surface area contributed by atoms with E-state index in [4.69, 9.17) is 10.00 Å². The second-order valence-electron chi connectivity index (χ2n) is 5.41. The van der Waals surface area contributed by atoms with Crippen LogP contribution in [0.4, 0.5) is 5.69 Å². The summed E-state index contributed by atoms with van der Waals surface area (Å²) in [5, 5.41) is 12.1. The molecule has 0 fully saturated rings. The molecule has 0 spiro atoms. The lowest BCUT2D eigenvalue weighted by atomic mass is 10.0. The molecular weight excluding hydrogens is 260 g/mol. The van der Waals surface area contributed by atoms with Gasteiger partial charge in [0.2, 0.25) is 0 Å². The summed E-state index contributed by atoms with van der Waals surface area (Å²) >= 11 is 0. The second-order valence-corrected chi connectivity index (χ2v) is 5.41. The zero-order chi connectivity index (χ0) is 14.7. The van der Waals surface area contributed by atoms with Crippen molar-refractivity contribution in [3.05, 3.63) is 59.2 Å². The van der Waals surface area contributed by atoms with Crippen LogP contribution in [0.25, 0.3) is 0 Å². The summed E-state index contributed by atoms with van der Waals surface area (Å²) in [5.41, 5.74) is 5.26. The Hall–Kier alpha value is -2.47. The van der Waals surface area contributed by atoms with E-state index in [0.29, 0.717) is 6.04 Å². The Kier molecular flexibility index (Phi) is 3.79. The number of hydrogen-bond acceptors (Lipinski definition) is 3. The van der Waals surface area contributed by atoms with Crippen LogP contribution in [-0.2, 0) is 6.42 Å². The number of fused-ring (bicyclic) bond motifs is 1. The minimum atomic E-state index is 0.0854. The van der Waals surface area contributed by atoms with Gasteiger partial charge in [-0.2, -0.15) is 5.26 Å². The molecule has 0 aromatic heterocycles. The van der Waals surface area contributed by atoms with Crippen LogP contribution in [0.3, 0.4) is 0 Å². The predicted octanol–water partition coefficient (Wildman–Crippen LogP) is 4.00. The normalized spacial score (nSPS) is 16.1. The van der Waals surface area contributed by atoms with Gasteiger partial charge in [-0.05, 0) is 55.2 Å². The van der Waals surface area contributed by atoms with Crippen molar-refractivity contribution in [1.82, 2.24) is 0 Å². The van der Waals surface area contributed by atoms with Crippen LogP contribution in [-0.4, -0.2) is 6.61 Å². The van der Waals surface area contributed by atoms with Gasteiger partial charge in [-0.15, -0.1) is 0 Å². The zero-order valence-corrected chi connectivity index (χ0v) is 12.1. The summed E-state index contributed by atoms with van der Waals surface area (Å²) in [7, 11) is 0. The Morgan fingerprint density at radius 1 is 1.24 bits per heavy atom. The van der Waals surface area contributed by atoms with E-state index in [2.05, 4.69) is 30.4 Å². The largest absolute Gasteiger partial charge is 0.479 e. The molecule has 21 heavy (non-hydrogen) atoms. The van der Waals surface area contributed by atoms with E-state index in [1.54, 1.807) is 0 Å². The van der Waals surface area contributed by atoms with E-state index in [9.17, 15) is 0 Å². The molecule has 0 radical (unpaired) electrons. The SMILES string of the molecule is Cc1ccc2c(c1)C(Nc1ccc(OCC#N)cc1)CC2. The third-order valence-electron chi connectivity index (χ3n) is 3.88. The quantitative estimate of drug-likeness (QED) is 0.919. The summed E-state index contributed by atoms with van der Waals surface area (Å²) in [5.74, 6) is 0.727. The minimum absolute atomic E-state index is 0.0854. The Labute approximate surface area is 125 Å². The predicted molar refractivity (Wildman–Crippen MR) is 83.4 cm³/mol. The standard InChI is InChI=1S/C18H18N2O/c1-13-2-3-14-4-9-18(17(14)12-13)20-15-5-7-16(8-6-15)21-11-10-19/h2-3,5-8,12,18,20H,4,9,11H2,1H3. The molecule has 2 aromatic carbocycles. The van der Waals surface area contributed by atoms with Crippen molar-refractivity contribution < 1.29 is 4.74 Å². The topological polar surface area (TPSA) is 45.0 Å². The molecule has 0 amide bonds. The molecule has 3 nitrogen and oxygen atoms in total. The molecule has 1 unspecified atom stereocenters. The number of anilines is 1. The minimum Gasteiger partial charge on any atom is -0.479 e. The molecule has 1 aliphatic rings. The van der Waals surface area contributed by atoms with Crippen molar-refractivity contribution in [3.8, 4) is 11.8 Å². The van der Waals surface area contributed by atoms with Crippen LogP contribution in [0.2, 0.25) is 0 Å². The summed E-state index contributed by atoms with van der Waals surface area (Å²) < 4.78 is 5.26. The molecular formula is C18H18N2O. The van der Waals surface area contributed by atoms with E-state index in [0.717, 1.165) is 24.3 Å². The molecule has 1 atom stereocenters. The highest BCUT2D eigenvalue weighted by atomic mass is 16.5. The van der Waals surface area contributed by atoms with Gasteiger partial charge in [0.25, 0.3) is 0 Å². The molecule has 3 heteroatoms. The number of nitriles is 1. The maximum Gasteiger partial charge on any atom is 0.174 e. The fourth-order valence-corrected chi connectivity index (χ4v) is 2.84. The Balaban J connectivity index is 1.71. The van der Waals surface area contributed by atoms with E-state index in [1.807, 2.05) is 30.3 Å². The van der Waals surface area contributed by atoms with E-state index in [-0.39, 0.29) is 6.61 Å². The van der Waals surface area contributed by atoms with Gasteiger partial charge < -0.3 is 10.1 Å². The first-order chi connectivity index (χ1) is 10.3. The molecule has 0 aliphatic heterocycles. The van der Waals surface area contributed by atoms with Gasteiger partial charge in [-0.25, -0.2) is 0 Å². The molecule has 0 bridgehead atoms. The molecule has 2 aromatic rings. The van der Waals surface area contributed by atoms with Crippen LogP contribution in [0, 0.1) is 18.3 Å². The number of ether oxygens (including phenoxy) is 1. The van der Waals surface area contributed by atoms with Gasteiger partial charge in [0.05, 0.1) is 6.04 Å². The van der Waals surface area contributed by atoms with Crippen molar-refractivity contribution >= 4 is 5.69 Å². The van der Waals surface area contributed by atoms with Gasteiger partial charge in [0.1, 0.15) is 11.8 Å². The molecule has 106 valence electrons. The number of hydrogen-bond donors (Lipinski definition) is 1. The van der Waals surface area contributed by atoms with Gasteiger partial charge in [-0.1, -0.05) is 23.8 Å². The summed E-state index contributed by atoms with van der Waals surface area (Å²) in [6, 6.07) is 16.8. The third kappa shape index (κ3) is 3.00. The van der Waals surface area contributed by atoms with Gasteiger partial charge in [0, 0.05) is 5.69 Å². The van der Waals surface area contributed by atoms with Crippen LogP contribution in [0.5, 0.6) is 5.75 Å². The lowest BCUT2D eigenvalue weighted by Crippen LogP contribution is -2.07. The molecule has 3 rings (SSSR count). The Morgan fingerprint density at radius 3 is 2.81 bits per heavy atom. The maximum atomic E-state index is 8.50. The first-order valence-corrected chi connectivity index (χ1v) is 7.22. The summed E-state index contributed by atoms with van der Waals surface area (Å²) in [6.07, 6.45) is 2.27. The number of rotatable bonds is 4. The smallest absolute Gasteiger partial charge is 0.174 e. The first-order valence-electron chi connectivity index (χ1n) is 7.22. The molecule has 1 aliphatic carbocycles. The lowest BCUT2D eigenvalue weighted by molar-refractivity contribution is 0.368. The molecule has 0 saturated heterocycles. The number of nitrogens with zero attached hydrogens (tertiary/aromatic N) is 1. The van der Waals surface area contributed by atoms with E-state index >= 15 is 0 Å². The van der Waals surface area contributed by atoms with Gasteiger partial charge >= 0.3 is 0 Å². The highest BCUT2D eigenvalue weighted by Crippen LogP contribution is 2.34. The number of aryl methyl sites for hydroxylation is 2. The van der Waals surface area contributed by atoms with Crippen LogP contribution < -0.4 is 10.1 Å². The fraction of sp³-hybridized carbons (Fsp3) is 0.278. The zero-order valence-electron chi connectivity index (χ0n) is 12.1. The van der Waals surface area contributed by atoms with Crippen LogP contribution >= 0.6 is 0 Å². The second kappa shape index (κ2) is 5.88. The van der Waals surface area contributed by atoms with Crippen molar-refractivity contribution in [2.75, 3.05) is 11.9 Å². The average Bonchev–Trinajstić information content (AvgIpc) is 2.89. The summed E-state index contributed by atoms with van der Waals surface area (Å²) in [4.78, 5) is 0. The molecule has 0 saturated carbocycles. The van der Waals surface area contributed by atoms with Crippen molar-refractivity contribution in [2.45, 2.75) is 25.8 Å². The number of nitrogens with one attached hydrogen (secondary N) is 1. The van der Waals surface area contributed by atoms with Gasteiger partial charge in [-0.3, -0.25) is 0 Å². The van der Waals surface area contributed by atoms with Crippen molar-refractivity contribution in [2.24, 2.45) is 0 Å². The van der Waals surface area contributed by atoms with Crippen LogP contribution in [0.1, 0.15) is 29.2 Å². The third-order valence-corrected chi connectivity index (χ3v) is 3.88.